The number of aryl methyl sites for hydroxylation is 1. The van der Waals surface area contributed by atoms with Crippen LogP contribution in [-0.4, -0.2) is 18.5 Å². The molecule has 30 heavy (non-hydrogen) atoms. The first-order valence-electron chi connectivity index (χ1n) is 9.89. The minimum absolute atomic E-state index is 0.0468. The van der Waals surface area contributed by atoms with E-state index in [9.17, 15) is 14.0 Å². The predicted molar refractivity (Wildman–Crippen MR) is 115 cm³/mol. The van der Waals surface area contributed by atoms with Crippen LogP contribution in [0.3, 0.4) is 0 Å². The lowest BCUT2D eigenvalue weighted by Gasteiger charge is -2.30. The van der Waals surface area contributed by atoms with E-state index in [4.69, 9.17) is 0 Å². The molecule has 152 valence electrons. The van der Waals surface area contributed by atoms with Gasteiger partial charge in [-0.1, -0.05) is 36.4 Å². The van der Waals surface area contributed by atoms with E-state index in [1.165, 1.54) is 12.1 Å². The van der Waals surface area contributed by atoms with Gasteiger partial charge in [0.1, 0.15) is 5.82 Å². The van der Waals surface area contributed by atoms with Gasteiger partial charge in [0.05, 0.1) is 0 Å². The molecular formula is C24H22FN3O2. The number of carbonyl (C=O) groups is 2. The van der Waals surface area contributed by atoms with Crippen molar-refractivity contribution in [1.82, 2.24) is 5.32 Å². The van der Waals surface area contributed by atoms with Gasteiger partial charge >= 0.3 is 6.03 Å². The lowest BCUT2D eigenvalue weighted by molar-refractivity contribution is 0.0985. The third-order valence-electron chi connectivity index (χ3n) is 5.09. The summed E-state index contributed by atoms with van der Waals surface area (Å²) in [6.45, 7) is 0.927. The maximum absolute atomic E-state index is 13.0. The highest BCUT2D eigenvalue weighted by atomic mass is 19.1. The molecule has 1 aliphatic heterocycles. The summed E-state index contributed by atoms with van der Waals surface area (Å²) in [5.74, 6) is -0.360. The van der Waals surface area contributed by atoms with Gasteiger partial charge in [-0.25, -0.2) is 9.18 Å². The molecule has 0 saturated heterocycles. The van der Waals surface area contributed by atoms with Crippen LogP contribution in [0, 0.1) is 5.82 Å². The number of urea groups is 1. The van der Waals surface area contributed by atoms with Gasteiger partial charge in [0.2, 0.25) is 0 Å². The SMILES string of the molecule is O=C(NCc1ccc(F)cc1)Nc1ccc2c(c1)N(C(=O)c1ccccc1)CCC2. The number of anilines is 2. The van der Waals surface area contributed by atoms with E-state index in [1.807, 2.05) is 48.5 Å². The summed E-state index contributed by atoms with van der Waals surface area (Å²) in [7, 11) is 0. The van der Waals surface area contributed by atoms with E-state index in [0.29, 0.717) is 17.8 Å². The van der Waals surface area contributed by atoms with Crippen LogP contribution < -0.4 is 15.5 Å². The molecule has 0 aliphatic carbocycles. The average molecular weight is 403 g/mol. The Morgan fingerprint density at radius 3 is 2.50 bits per heavy atom. The van der Waals surface area contributed by atoms with Crippen LogP contribution in [0.2, 0.25) is 0 Å². The summed E-state index contributed by atoms with van der Waals surface area (Å²) in [6.07, 6.45) is 1.79. The van der Waals surface area contributed by atoms with E-state index >= 15 is 0 Å². The Labute approximate surface area is 174 Å². The van der Waals surface area contributed by atoms with Gasteiger partial charge < -0.3 is 15.5 Å². The van der Waals surface area contributed by atoms with Crippen molar-refractivity contribution in [3.05, 3.63) is 95.3 Å². The van der Waals surface area contributed by atoms with Gasteiger partial charge in [0.25, 0.3) is 5.91 Å². The topological polar surface area (TPSA) is 61.4 Å². The Hall–Kier alpha value is -3.67. The van der Waals surface area contributed by atoms with E-state index < -0.39 is 0 Å². The first kappa shape index (κ1) is 19.6. The van der Waals surface area contributed by atoms with E-state index in [2.05, 4.69) is 10.6 Å². The molecule has 5 nitrogen and oxygen atoms in total. The minimum atomic E-state index is -0.365. The molecule has 0 atom stereocenters. The van der Waals surface area contributed by atoms with Crippen molar-refractivity contribution >= 4 is 23.3 Å². The lowest BCUT2D eigenvalue weighted by Crippen LogP contribution is -2.35. The summed E-state index contributed by atoms with van der Waals surface area (Å²) in [6, 6.07) is 20.4. The normalized spacial score (nSPS) is 12.8. The third-order valence-corrected chi connectivity index (χ3v) is 5.09. The van der Waals surface area contributed by atoms with Crippen molar-refractivity contribution in [2.75, 3.05) is 16.8 Å². The first-order valence-corrected chi connectivity index (χ1v) is 9.89. The molecule has 0 radical (unpaired) electrons. The number of hydrogen-bond donors (Lipinski definition) is 2. The molecule has 2 N–H and O–H groups in total. The van der Waals surface area contributed by atoms with Crippen molar-refractivity contribution in [3.8, 4) is 0 Å². The highest BCUT2D eigenvalue weighted by Gasteiger charge is 2.24. The van der Waals surface area contributed by atoms with Crippen LogP contribution in [0.5, 0.6) is 0 Å². The number of nitrogens with one attached hydrogen (secondary N) is 2. The maximum Gasteiger partial charge on any atom is 0.319 e. The molecule has 0 aromatic heterocycles. The molecule has 0 bridgehead atoms. The highest BCUT2D eigenvalue weighted by Crippen LogP contribution is 2.31. The van der Waals surface area contributed by atoms with Gasteiger partial charge in [-0.3, -0.25) is 4.79 Å². The Balaban J connectivity index is 1.46. The minimum Gasteiger partial charge on any atom is -0.334 e. The molecule has 0 unspecified atom stereocenters. The van der Waals surface area contributed by atoms with Crippen LogP contribution in [0.15, 0.2) is 72.8 Å². The van der Waals surface area contributed by atoms with Crippen LogP contribution >= 0.6 is 0 Å². The van der Waals surface area contributed by atoms with Crippen LogP contribution in [0.1, 0.15) is 27.9 Å². The zero-order valence-corrected chi connectivity index (χ0v) is 16.4. The summed E-state index contributed by atoms with van der Waals surface area (Å²) in [5.41, 5.74) is 3.96. The van der Waals surface area contributed by atoms with Crippen molar-refractivity contribution < 1.29 is 14.0 Å². The number of hydrogen-bond acceptors (Lipinski definition) is 2. The fraction of sp³-hybridized carbons (Fsp3) is 0.167. The fourth-order valence-corrected chi connectivity index (χ4v) is 3.56. The number of fused-ring (bicyclic) bond motifs is 1. The van der Waals surface area contributed by atoms with Gasteiger partial charge in [-0.05, 0) is 60.4 Å². The summed E-state index contributed by atoms with van der Waals surface area (Å²) in [4.78, 5) is 27.0. The van der Waals surface area contributed by atoms with Crippen LogP contribution in [-0.2, 0) is 13.0 Å². The molecule has 6 heteroatoms. The number of rotatable bonds is 4. The number of amides is 3. The second-order valence-electron chi connectivity index (χ2n) is 7.20. The van der Waals surface area contributed by atoms with Crippen LogP contribution in [0.4, 0.5) is 20.6 Å². The molecule has 3 aromatic rings. The second-order valence-corrected chi connectivity index (χ2v) is 7.20. The van der Waals surface area contributed by atoms with Crippen molar-refractivity contribution in [2.24, 2.45) is 0 Å². The maximum atomic E-state index is 13.0. The molecule has 0 spiro atoms. The summed E-state index contributed by atoms with van der Waals surface area (Å²) in [5, 5.41) is 5.56. The zero-order chi connectivity index (χ0) is 20.9. The largest absolute Gasteiger partial charge is 0.334 e. The third kappa shape index (κ3) is 4.49. The molecular weight excluding hydrogens is 381 g/mol. The number of carbonyl (C=O) groups excluding carboxylic acids is 2. The van der Waals surface area contributed by atoms with Gasteiger partial charge in [0.15, 0.2) is 0 Å². The van der Waals surface area contributed by atoms with Gasteiger partial charge in [-0.15, -0.1) is 0 Å². The predicted octanol–water partition coefficient (Wildman–Crippen LogP) is 4.74. The molecule has 0 fully saturated rings. The standard InChI is InChI=1S/C24H22FN3O2/c25-20-11-8-17(9-12-20)16-26-24(30)27-21-13-10-18-7-4-14-28(22(18)15-21)23(29)19-5-2-1-3-6-19/h1-3,5-6,8-13,15H,4,7,14,16H2,(H2,26,27,30). The van der Waals surface area contributed by atoms with Gasteiger partial charge in [0, 0.05) is 30.0 Å². The second kappa shape index (κ2) is 8.78. The van der Waals surface area contributed by atoms with E-state index in [1.54, 1.807) is 17.0 Å². The number of nitrogens with zero attached hydrogens (tertiary/aromatic N) is 1. The molecule has 3 amide bonds. The van der Waals surface area contributed by atoms with Crippen molar-refractivity contribution in [2.45, 2.75) is 19.4 Å². The zero-order valence-electron chi connectivity index (χ0n) is 16.4. The van der Waals surface area contributed by atoms with Crippen molar-refractivity contribution in [3.63, 3.8) is 0 Å². The molecule has 4 rings (SSSR count). The smallest absolute Gasteiger partial charge is 0.319 e. The fourth-order valence-electron chi connectivity index (χ4n) is 3.56. The lowest BCUT2D eigenvalue weighted by atomic mass is 10.00. The Bertz CT molecular complexity index is 1050. The summed E-state index contributed by atoms with van der Waals surface area (Å²) >= 11 is 0. The highest BCUT2D eigenvalue weighted by molar-refractivity contribution is 6.07. The monoisotopic (exact) mass is 403 g/mol. The molecule has 3 aromatic carbocycles. The quantitative estimate of drug-likeness (QED) is 0.661. The van der Waals surface area contributed by atoms with Crippen LogP contribution in [0.25, 0.3) is 0 Å². The summed E-state index contributed by atoms with van der Waals surface area (Å²) < 4.78 is 13.0. The van der Waals surface area contributed by atoms with E-state index in [0.717, 1.165) is 29.7 Å². The Morgan fingerprint density at radius 2 is 1.73 bits per heavy atom. The first-order chi connectivity index (χ1) is 14.6. The Kier molecular flexibility index (Phi) is 5.75. The number of halogens is 1. The Morgan fingerprint density at radius 1 is 0.967 bits per heavy atom. The van der Waals surface area contributed by atoms with E-state index in [-0.39, 0.29) is 24.3 Å². The number of benzene rings is 3. The molecule has 0 saturated carbocycles. The van der Waals surface area contributed by atoms with Crippen molar-refractivity contribution in [1.29, 1.82) is 0 Å². The molecule has 1 aliphatic rings. The average Bonchev–Trinajstić information content (AvgIpc) is 2.78. The van der Waals surface area contributed by atoms with Gasteiger partial charge in [-0.2, -0.15) is 0 Å². The molecule has 1 heterocycles.